The summed E-state index contributed by atoms with van der Waals surface area (Å²) < 4.78 is 72.5. The van der Waals surface area contributed by atoms with Crippen LogP contribution in [0.2, 0.25) is 0 Å². The standard InChI is InChI=1S/C55H74IN3O21S4/c1-12-57-30-24-73-35(22-34(30)68-6)78-48-43(63)40(26(3)75-53(48)77-33-17-15-13-14-16-19-55(67)23-32(61)41(58-54(66)72-10)38(33)29(55)18-20-82-84-81-11)59-80-36-21-31(60)50(28(5)74-36)83-51(65)37-25(2)39(56)46(49(71-9)45(37)69-7)79-52-44(64)47(70-8)42(62)27(4)76-52/h13-14,18,26-28,30-31,33-36,40,42-44,47-48,50,52-53,57,59-60,62-64,67H,12,20-24H2,1-11H3,(H,58,66)/b14-13-,29-18+/t26-,27+,28-,30+,31+,33-,34+,35+,36+,40-,42+,43+,44-,47-,48-,50-,52+,53+,55+/m1/s1. The molecule has 24 nitrogen and oxygen atoms in total. The van der Waals surface area contributed by atoms with Crippen molar-refractivity contribution in [3.05, 3.63) is 49.8 Å². The molecular weight excluding hydrogens is 1290 g/mol. The first kappa shape index (κ1) is 68.5. The summed E-state index contributed by atoms with van der Waals surface area (Å²) >= 11 is 2.83. The van der Waals surface area contributed by atoms with Crippen molar-refractivity contribution in [3.63, 3.8) is 0 Å². The SMILES string of the molecule is CCN[C@H]1CO[C@@H](O[C@H]2[C@H](O[C@@H]3C#C/C=C\C#C[C@]4(O)CC(=O)C(NC(=O)OC)=C3/C4=C\CSSSC)O[C@H](C)[C@@H](NO[C@H]3C[C@H](O)[C@H](SC(=O)c4c(C)c(I)c(O[C@@H]5O[C@@H](C)[C@H](O)[C@@H](OC)[C@H]5O)c(OC)c4OC)[C@@H](C)O3)[C@@H]2O)C[C@@H]1OC. The first-order chi connectivity index (χ1) is 40.2. The van der Waals surface area contributed by atoms with E-state index in [2.05, 4.69) is 39.8 Å². The van der Waals surface area contributed by atoms with Crippen molar-refractivity contribution < 1.29 is 102 Å². The molecule has 0 radical (unpaired) electrons. The van der Waals surface area contributed by atoms with Crippen LogP contribution in [0.5, 0.6) is 17.2 Å². The second-order valence-corrected chi connectivity index (χ2v) is 26.7. The van der Waals surface area contributed by atoms with Gasteiger partial charge >= 0.3 is 6.09 Å². The number of halogens is 1. The molecular formula is C55H74IN3O21S4. The summed E-state index contributed by atoms with van der Waals surface area (Å²) in [6.07, 6.45) is -11.9. The topological polar surface area (TPSA) is 308 Å². The highest BCUT2D eigenvalue weighted by molar-refractivity contribution is 14.1. The molecule has 1 amide bonds. The number of alkyl carbamates (subject to hydrolysis) is 1. The predicted octanol–water partition coefficient (Wildman–Crippen LogP) is 3.20. The minimum Gasteiger partial charge on any atom is -0.492 e. The van der Waals surface area contributed by atoms with Gasteiger partial charge in [-0.2, -0.15) is 5.48 Å². The quantitative estimate of drug-likeness (QED) is 0.0272. The van der Waals surface area contributed by atoms with E-state index in [-0.39, 0.29) is 71.2 Å². The number of thioether (sulfide) groups is 1. The first-order valence-electron chi connectivity index (χ1n) is 26.9. The number of aliphatic hydroxyl groups is 5. The molecule has 4 aliphatic heterocycles. The van der Waals surface area contributed by atoms with Crippen LogP contribution in [0.1, 0.15) is 62.9 Å². The Kier molecular flexibility index (Phi) is 25.7. The van der Waals surface area contributed by atoms with Gasteiger partial charge < -0.3 is 87.7 Å². The van der Waals surface area contributed by atoms with Crippen LogP contribution in [0, 0.1) is 34.2 Å². The van der Waals surface area contributed by atoms with Gasteiger partial charge in [0.1, 0.15) is 36.6 Å². The zero-order valence-electron chi connectivity index (χ0n) is 48.1. The molecule has 0 spiro atoms. The van der Waals surface area contributed by atoms with Crippen LogP contribution < -0.4 is 30.3 Å². The Bertz CT molecular complexity index is 2710. The summed E-state index contributed by atoms with van der Waals surface area (Å²) in [5.41, 5.74) is 1.30. The summed E-state index contributed by atoms with van der Waals surface area (Å²) in [4.78, 5) is 47.5. The number of Topliss-reactive ketones (excluding diaryl/α,β-unsaturated/α-hetero) is 1. The number of hydrogen-bond donors (Lipinski definition) is 8. The van der Waals surface area contributed by atoms with E-state index in [0.717, 1.165) is 18.9 Å². The van der Waals surface area contributed by atoms with Gasteiger partial charge in [-0.3, -0.25) is 19.7 Å². The number of methoxy groups -OCH3 is 5. The van der Waals surface area contributed by atoms with Crippen LogP contribution in [0.25, 0.3) is 0 Å². The maximum Gasteiger partial charge on any atom is 0.411 e. The number of nitrogens with one attached hydrogen (secondary N) is 3. The fraction of sp³-hybridized carbons (Fsp3) is 0.655. The largest absolute Gasteiger partial charge is 0.492 e. The lowest BCUT2D eigenvalue weighted by Crippen LogP contribution is -2.65. The van der Waals surface area contributed by atoms with Crippen LogP contribution >= 0.6 is 65.8 Å². The molecule has 84 heavy (non-hydrogen) atoms. The Hall–Kier alpha value is -2.94. The fourth-order valence-electron chi connectivity index (χ4n) is 10.5. The summed E-state index contributed by atoms with van der Waals surface area (Å²) in [5, 5.41) is 62.7. The molecule has 466 valence electrons. The molecule has 1 aromatic rings. The summed E-state index contributed by atoms with van der Waals surface area (Å²) in [7, 11) is 11.3. The molecule has 29 heteroatoms. The number of carbonyl (C=O) groups excluding carboxylic acids is 3. The highest BCUT2D eigenvalue weighted by Gasteiger charge is 2.52. The van der Waals surface area contributed by atoms with Crippen molar-refractivity contribution in [2.75, 3.05) is 60.7 Å². The second kappa shape index (κ2) is 31.5. The fourth-order valence-corrected chi connectivity index (χ4v) is 14.7. The Balaban J connectivity index is 1.12. The Labute approximate surface area is 517 Å². The van der Waals surface area contributed by atoms with Crippen LogP contribution in [-0.4, -0.2) is 218 Å². The minimum absolute atomic E-state index is 0.0155. The van der Waals surface area contributed by atoms with Crippen LogP contribution in [0.15, 0.2) is 35.1 Å². The molecule has 6 aliphatic rings. The van der Waals surface area contributed by atoms with E-state index in [1.54, 1.807) is 40.9 Å². The Morgan fingerprint density at radius 3 is 2.27 bits per heavy atom. The molecule has 1 aromatic carbocycles. The van der Waals surface area contributed by atoms with Crippen molar-refractivity contribution in [2.24, 2.45) is 0 Å². The molecule has 0 unspecified atom stereocenters. The average Bonchev–Trinajstić information content (AvgIpc) is 1.36. The summed E-state index contributed by atoms with van der Waals surface area (Å²) in [6.45, 7) is 9.41. The smallest absolute Gasteiger partial charge is 0.411 e. The lowest BCUT2D eigenvalue weighted by atomic mass is 9.75. The monoisotopic (exact) mass is 1370 g/mol. The zero-order chi connectivity index (χ0) is 61.2. The van der Waals surface area contributed by atoms with Crippen LogP contribution in [0.3, 0.4) is 0 Å². The Morgan fingerprint density at radius 2 is 1.61 bits per heavy atom. The number of amides is 1. The molecule has 4 heterocycles. The van der Waals surface area contributed by atoms with Gasteiger partial charge in [0.15, 0.2) is 41.8 Å². The number of likely N-dealkylation sites (N-methyl/N-ethyl adjacent to an activating group) is 1. The number of allylic oxidation sites excluding steroid dienone is 3. The molecule has 0 aromatic heterocycles. The molecule has 2 bridgehead atoms. The van der Waals surface area contributed by atoms with Gasteiger partial charge in [-0.25, -0.2) is 4.79 Å². The lowest BCUT2D eigenvalue weighted by molar-refractivity contribution is -0.336. The van der Waals surface area contributed by atoms with Gasteiger partial charge in [0, 0.05) is 44.0 Å². The number of benzene rings is 1. The molecule has 19 atom stereocenters. The molecule has 0 saturated carbocycles. The molecule has 4 fully saturated rings. The second-order valence-electron chi connectivity index (χ2n) is 20.1. The van der Waals surface area contributed by atoms with Gasteiger partial charge in [0.25, 0.3) is 0 Å². The van der Waals surface area contributed by atoms with Crippen molar-refractivity contribution in [1.29, 1.82) is 0 Å². The number of fused-ring (bicyclic) bond motifs is 2. The van der Waals surface area contributed by atoms with Crippen molar-refractivity contribution >= 4 is 82.8 Å². The highest BCUT2D eigenvalue weighted by Crippen LogP contribution is 2.49. The van der Waals surface area contributed by atoms with Crippen molar-refractivity contribution in [1.82, 2.24) is 16.1 Å². The van der Waals surface area contributed by atoms with E-state index in [1.807, 2.05) is 35.8 Å². The number of rotatable bonds is 22. The van der Waals surface area contributed by atoms with E-state index in [0.29, 0.717) is 21.4 Å². The number of aliphatic hydroxyl groups excluding tert-OH is 4. The van der Waals surface area contributed by atoms with E-state index < -0.39 is 127 Å². The van der Waals surface area contributed by atoms with Crippen LogP contribution in [-0.2, 0) is 52.3 Å². The molecule has 2 aliphatic carbocycles. The number of hydroxylamine groups is 1. The van der Waals surface area contributed by atoms with E-state index >= 15 is 0 Å². The maximum atomic E-state index is 14.4. The molecule has 8 N–H and O–H groups in total. The zero-order valence-corrected chi connectivity index (χ0v) is 53.6. The average molecular weight is 1370 g/mol. The predicted molar refractivity (Wildman–Crippen MR) is 320 cm³/mol. The first-order valence-corrected chi connectivity index (χ1v) is 32.9. The normalized spacial score (nSPS) is 35.9. The van der Waals surface area contributed by atoms with Gasteiger partial charge in [0.2, 0.25) is 17.2 Å². The number of ketones is 1. The van der Waals surface area contributed by atoms with Crippen LogP contribution in [0.4, 0.5) is 4.79 Å². The van der Waals surface area contributed by atoms with Gasteiger partial charge in [-0.05, 0) is 90.6 Å². The number of hydrogen-bond acceptors (Lipinski definition) is 27. The third-order valence-electron chi connectivity index (χ3n) is 14.8. The third kappa shape index (κ3) is 15.7. The molecule has 7 rings (SSSR count). The molecule has 4 saturated heterocycles. The minimum atomic E-state index is -2.05. The van der Waals surface area contributed by atoms with Crippen molar-refractivity contribution in [3.8, 4) is 40.9 Å². The Morgan fingerprint density at radius 1 is 0.881 bits per heavy atom. The summed E-state index contributed by atoms with van der Waals surface area (Å²) in [5.74, 6) is 11.3. The van der Waals surface area contributed by atoms with E-state index in [1.165, 1.54) is 64.9 Å². The maximum absolute atomic E-state index is 14.4. The summed E-state index contributed by atoms with van der Waals surface area (Å²) in [6, 6.07) is -1.27. The van der Waals surface area contributed by atoms with Crippen molar-refractivity contribution in [2.45, 2.75) is 169 Å². The van der Waals surface area contributed by atoms with Gasteiger partial charge in [0.05, 0.1) is 97.0 Å². The lowest BCUT2D eigenvalue weighted by Gasteiger charge is -2.46. The van der Waals surface area contributed by atoms with Gasteiger partial charge in [-0.15, -0.1) is 0 Å². The van der Waals surface area contributed by atoms with Gasteiger partial charge in [-0.1, -0.05) is 70.0 Å². The third-order valence-corrected chi connectivity index (χ3v) is 21.2. The van der Waals surface area contributed by atoms with E-state index in [9.17, 15) is 39.9 Å². The number of carbonyl (C=O) groups is 3. The highest BCUT2D eigenvalue weighted by atomic mass is 127. The van der Waals surface area contributed by atoms with E-state index in [4.69, 9.17) is 61.7 Å². The number of ether oxygens (including phenoxy) is 12.